The van der Waals surface area contributed by atoms with E-state index >= 15 is 0 Å². The van der Waals surface area contributed by atoms with Gasteiger partial charge in [-0.15, -0.1) is 5.10 Å². The van der Waals surface area contributed by atoms with Gasteiger partial charge in [0.15, 0.2) is 5.82 Å². The molecule has 49 heavy (non-hydrogen) atoms. The van der Waals surface area contributed by atoms with E-state index in [0.717, 1.165) is 36.8 Å². The SMILES string of the molecule is CC(C)n1nc(Br)nc1Oc1ccc(F)cc1.Cc1cc(N2C[C@H]3CC[C@@H](C2)C3Cc2nc(Oc3ccc(F)cc3)n(C(C)C)n2)ncn1. The van der Waals surface area contributed by atoms with Crippen LogP contribution in [0.4, 0.5) is 14.6 Å². The fourth-order valence-electron chi connectivity index (χ4n) is 6.43. The number of fused-ring (bicyclic) bond motifs is 2. The van der Waals surface area contributed by atoms with E-state index in [1.165, 1.54) is 37.1 Å². The van der Waals surface area contributed by atoms with Gasteiger partial charge in [0.25, 0.3) is 0 Å². The van der Waals surface area contributed by atoms with Crippen molar-refractivity contribution >= 4 is 21.7 Å². The topological polar surface area (TPSA) is 109 Å². The molecule has 1 saturated heterocycles. The molecule has 7 rings (SSSR count). The van der Waals surface area contributed by atoms with Crippen LogP contribution in [0.15, 0.2) is 65.7 Å². The Morgan fingerprint density at radius 2 is 1.31 bits per heavy atom. The van der Waals surface area contributed by atoms with Crippen molar-refractivity contribution in [2.24, 2.45) is 17.8 Å². The molecule has 4 heterocycles. The molecule has 5 aromatic rings. The summed E-state index contributed by atoms with van der Waals surface area (Å²) in [6, 6.07) is 14.9. The normalized spacial score (nSPS) is 18.5. The third kappa shape index (κ3) is 8.41. The van der Waals surface area contributed by atoms with Crippen LogP contribution >= 0.6 is 15.9 Å². The maximum absolute atomic E-state index is 13.2. The Morgan fingerprint density at radius 1 is 0.776 bits per heavy atom. The average molecular weight is 737 g/mol. The van der Waals surface area contributed by atoms with Crippen molar-refractivity contribution in [1.29, 1.82) is 0 Å². The molecule has 14 heteroatoms. The van der Waals surface area contributed by atoms with Crippen LogP contribution in [0.1, 0.15) is 64.1 Å². The predicted octanol–water partition coefficient (Wildman–Crippen LogP) is 8.15. The first-order valence-corrected chi connectivity index (χ1v) is 17.3. The van der Waals surface area contributed by atoms with Gasteiger partial charge in [-0.25, -0.2) is 28.1 Å². The maximum atomic E-state index is 13.2. The van der Waals surface area contributed by atoms with Gasteiger partial charge < -0.3 is 14.4 Å². The second-order valence-corrected chi connectivity index (χ2v) is 13.8. The molecule has 2 aliphatic rings. The van der Waals surface area contributed by atoms with Crippen molar-refractivity contribution in [3.63, 3.8) is 0 Å². The number of rotatable bonds is 9. The van der Waals surface area contributed by atoms with Crippen LogP contribution in [0.25, 0.3) is 0 Å². The zero-order valence-corrected chi connectivity index (χ0v) is 29.8. The Morgan fingerprint density at radius 3 is 1.84 bits per heavy atom. The Hall–Kier alpha value is -4.46. The minimum atomic E-state index is -0.302. The predicted molar refractivity (Wildman–Crippen MR) is 184 cm³/mol. The van der Waals surface area contributed by atoms with Gasteiger partial charge in [0.05, 0.1) is 12.1 Å². The van der Waals surface area contributed by atoms with Crippen LogP contribution in [0.3, 0.4) is 0 Å². The van der Waals surface area contributed by atoms with E-state index in [1.807, 2.05) is 25.5 Å². The van der Waals surface area contributed by atoms with Crippen molar-refractivity contribution in [2.75, 3.05) is 18.0 Å². The van der Waals surface area contributed by atoms with Crippen LogP contribution in [0, 0.1) is 36.3 Å². The molecule has 1 aliphatic carbocycles. The highest BCUT2D eigenvalue weighted by molar-refractivity contribution is 9.10. The number of nitrogens with zero attached hydrogens (tertiary/aromatic N) is 9. The maximum Gasteiger partial charge on any atom is 0.321 e. The third-order valence-electron chi connectivity index (χ3n) is 8.80. The van der Waals surface area contributed by atoms with Crippen LogP contribution in [-0.4, -0.2) is 52.6 Å². The zero-order chi connectivity index (χ0) is 34.7. The first-order chi connectivity index (χ1) is 23.5. The fourth-order valence-corrected chi connectivity index (χ4v) is 6.75. The summed E-state index contributed by atoms with van der Waals surface area (Å²) < 4.78 is 41.4. The lowest BCUT2D eigenvalue weighted by molar-refractivity contribution is 0.264. The summed E-state index contributed by atoms with van der Waals surface area (Å²) in [5, 5.41) is 8.92. The van der Waals surface area contributed by atoms with Gasteiger partial charge >= 0.3 is 12.0 Å². The van der Waals surface area contributed by atoms with Gasteiger partial charge in [-0.3, -0.25) is 0 Å². The molecule has 0 amide bonds. The first-order valence-electron chi connectivity index (χ1n) is 16.5. The second kappa shape index (κ2) is 15.0. The number of aromatic nitrogens is 8. The monoisotopic (exact) mass is 735 g/mol. The molecule has 2 bridgehead atoms. The van der Waals surface area contributed by atoms with Gasteiger partial charge in [-0.2, -0.15) is 15.1 Å². The van der Waals surface area contributed by atoms with Crippen molar-refractivity contribution in [3.8, 4) is 23.5 Å². The van der Waals surface area contributed by atoms with Gasteiger partial charge in [-0.1, -0.05) is 0 Å². The van der Waals surface area contributed by atoms with Crippen LogP contribution < -0.4 is 14.4 Å². The minimum absolute atomic E-state index is 0.117. The van der Waals surface area contributed by atoms with Crippen molar-refractivity contribution in [3.05, 3.63) is 88.8 Å². The molecule has 258 valence electrons. The molecule has 11 nitrogen and oxygen atoms in total. The lowest BCUT2D eigenvalue weighted by Crippen LogP contribution is -2.43. The summed E-state index contributed by atoms with van der Waals surface area (Å²) in [4.78, 5) is 20.0. The van der Waals surface area contributed by atoms with Crippen LogP contribution in [0.2, 0.25) is 0 Å². The number of anilines is 1. The fraction of sp³-hybridized carbons (Fsp3) is 0.429. The van der Waals surface area contributed by atoms with Gasteiger partial charge in [-0.05, 0) is 130 Å². The van der Waals surface area contributed by atoms with Crippen molar-refractivity contribution < 1.29 is 18.3 Å². The second-order valence-electron chi connectivity index (χ2n) is 13.1. The summed E-state index contributed by atoms with van der Waals surface area (Å²) in [7, 11) is 0. The van der Waals surface area contributed by atoms with Crippen molar-refractivity contribution in [1.82, 2.24) is 39.5 Å². The number of aryl methyl sites for hydroxylation is 1. The van der Waals surface area contributed by atoms with E-state index in [9.17, 15) is 8.78 Å². The number of hydrogen-bond donors (Lipinski definition) is 0. The molecule has 0 radical (unpaired) electrons. The summed E-state index contributed by atoms with van der Waals surface area (Å²) in [5.41, 5.74) is 1.00. The Labute approximate surface area is 292 Å². The summed E-state index contributed by atoms with van der Waals surface area (Å²) in [6.07, 6.45) is 4.98. The highest BCUT2D eigenvalue weighted by Crippen LogP contribution is 2.44. The quantitative estimate of drug-likeness (QED) is 0.148. The Kier molecular flexibility index (Phi) is 10.5. The smallest absolute Gasteiger partial charge is 0.321 e. The molecule has 0 N–H and O–H groups in total. The van der Waals surface area contributed by atoms with Crippen LogP contribution in [-0.2, 0) is 6.42 Å². The van der Waals surface area contributed by atoms with E-state index in [-0.39, 0.29) is 23.7 Å². The molecule has 3 aromatic heterocycles. The minimum Gasteiger partial charge on any atom is -0.424 e. The van der Waals surface area contributed by atoms with E-state index in [0.29, 0.717) is 46.0 Å². The zero-order valence-electron chi connectivity index (χ0n) is 28.2. The number of ether oxygens (including phenoxy) is 2. The molecule has 0 spiro atoms. The van der Waals surface area contributed by atoms with Gasteiger partial charge in [0, 0.05) is 31.3 Å². The first kappa shape index (κ1) is 34.4. The average Bonchev–Trinajstić information content (AvgIpc) is 3.71. The largest absolute Gasteiger partial charge is 0.424 e. The number of hydrogen-bond acceptors (Lipinski definition) is 9. The van der Waals surface area contributed by atoms with E-state index in [4.69, 9.17) is 19.6 Å². The Balaban J connectivity index is 0.000000207. The molecular weight excluding hydrogens is 696 g/mol. The molecule has 2 fully saturated rings. The summed E-state index contributed by atoms with van der Waals surface area (Å²) >= 11 is 3.19. The number of piperidine rings is 1. The van der Waals surface area contributed by atoms with E-state index < -0.39 is 0 Å². The lowest BCUT2D eigenvalue weighted by Gasteiger charge is -2.38. The number of benzene rings is 2. The number of halogens is 3. The summed E-state index contributed by atoms with van der Waals surface area (Å²) in [5.74, 6) is 4.12. The van der Waals surface area contributed by atoms with Gasteiger partial charge in [0.1, 0.15) is 35.3 Å². The third-order valence-corrected chi connectivity index (χ3v) is 9.14. The molecule has 1 aliphatic heterocycles. The highest BCUT2D eigenvalue weighted by atomic mass is 79.9. The lowest BCUT2D eigenvalue weighted by atomic mass is 9.82. The van der Waals surface area contributed by atoms with E-state index in [1.54, 1.807) is 35.3 Å². The van der Waals surface area contributed by atoms with Crippen molar-refractivity contribution in [2.45, 2.75) is 66.0 Å². The van der Waals surface area contributed by atoms with Crippen LogP contribution in [0.5, 0.6) is 23.5 Å². The molecular formula is C35H40BrF2N9O2. The molecule has 3 atom stereocenters. The standard InChI is InChI=1S/C24H29FN6O.C11H11BrFN3O/c1-15(2)31-24(32-20-8-6-19(25)7-9-20)28-22(29-31)11-21-17-4-5-18(21)13-30(12-17)23-10-16(3)26-14-27-23;1-7(2)16-11(14-10(12)15-16)17-9-5-3-8(13)4-6-9/h6-10,14-15,17-18,21H,4-5,11-13H2,1-3H3;3-7H,1-2H3/t17-,18+,21?;. The highest BCUT2D eigenvalue weighted by Gasteiger charge is 2.43. The Bertz CT molecular complexity index is 1830. The van der Waals surface area contributed by atoms with E-state index in [2.05, 4.69) is 60.8 Å². The summed E-state index contributed by atoms with van der Waals surface area (Å²) in [6.45, 7) is 12.1. The molecule has 1 saturated carbocycles. The molecule has 2 aromatic carbocycles. The molecule has 1 unspecified atom stereocenters. The van der Waals surface area contributed by atoms with Gasteiger partial charge in [0.2, 0.25) is 4.73 Å².